The van der Waals surface area contributed by atoms with Gasteiger partial charge in [0.15, 0.2) is 11.5 Å². The standard InChI is InChI=1S/C20H26N2O7/c1-12(2)19-20(26)21(10-18(24)25)14(9-22(19)17(23)11-27-3)13-6-7-15(28-4)16(8-13)29-5/h6-9,12,19H,10-11H2,1-5H3,(H,24,25). The monoisotopic (exact) mass is 406 g/mol. The minimum absolute atomic E-state index is 0.203. The van der Waals surface area contributed by atoms with E-state index in [-0.39, 0.29) is 18.2 Å². The van der Waals surface area contributed by atoms with Gasteiger partial charge in [-0.25, -0.2) is 0 Å². The van der Waals surface area contributed by atoms with Gasteiger partial charge in [0.2, 0.25) is 0 Å². The summed E-state index contributed by atoms with van der Waals surface area (Å²) in [6, 6.07) is 4.11. The van der Waals surface area contributed by atoms with Gasteiger partial charge in [0.25, 0.3) is 11.8 Å². The van der Waals surface area contributed by atoms with E-state index < -0.39 is 30.4 Å². The Hall–Kier alpha value is -3.07. The first kappa shape index (κ1) is 22.2. The Morgan fingerprint density at radius 3 is 2.31 bits per heavy atom. The molecule has 0 aliphatic carbocycles. The topological polar surface area (TPSA) is 106 Å². The number of hydrogen-bond acceptors (Lipinski definition) is 6. The highest BCUT2D eigenvalue weighted by atomic mass is 16.5. The van der Waals surface area contributed by atoms with Crippen LogP contribution in [0, 0.1) is 5.92 Å². The third kappa shape index (κ3) is 4.68. The van der Waals surface area contributed by atoms with E-state index in [1.807, 2.05) is 0 Å². The molecule has 1 unspecified atom stereocenters. The first-order valence-electron chi connectivity index (χ1n) is 9.02. The molecule has 2 amide bonds. The van der Waals surface area contributed by atoms with Crippen molar-refractivity contribution in [1.82, 2.24) is 9.80 Å². The molecule has 0 spiro atoms. The third-order valence-electron chi connectivity index (χ3n) is 4.53. The zero-order valence-electron chi connectivity index (χ0n) is 17.2. The minimum atomic E-state index is -1.16. The third-order valence-corrected chi connectivity index (χ3v) is 4.53. The van der Waals surface area contributed by atoms with E-state index in [9.17, 15) is 19.5 Å². The van der Waals surface area contributed by atoms with E-state index in [0.29, 0.717) is 17.1 Å². The van der Waals surface area contributed by atoms with Gasteiger partial charge in [-0.1, -0.05) is 13.8 Å². The quantitative estimate of drug-likeness (QED) is 0.696. The lowest BCUT2D eigenvalue weighted by molar-refractivity contribution is -0.149. The summed E-state index contributed by atoms with van der Waals surface area (Å²) in [5.41, 5.74) is 0.786. The maximum absolute atomic E-state index is 13.2. The Morgan fingerprint density at radius 2 is 1.79 bits per heavy atom. The minimum Gasteiger partial charge on any atom is -0.493 e. The molecule has 0 fully saturated rings. The second-order valence-electron chi connectivity index (χ2n) is 6.83. The van der Waals surface area contributed by atoms with Gasteiger partial charge in [0.05, 0.1) is 19.9 Å². The van der Waals surface area contributed by atoms with Crippen LogP contribution in [0.25, 0.3) is 5.70 Å². The Balaban J connectivity index is 2.65. The van der Waals surface area contributed by atoms with Crippen molar-refractivity contribution < 1.29 is 33.7 Å². The number of carboxylic acid groups (broad SMARTS) is 1. The van der Waals surface area contributed by atoms with Crippen LogP contribution in [-0.4, -0.2) is 73.2 Å². The van der Waals surface area contributed by atoms with E-state index in [0.717, 1.165) is 0 Å². The molecule has 29 heavy (non-hydrogen) atoms. The van der Waals surface area contributed by atoms with Crippen LogP contribution in [0.15, 0.2) is 24.4 Å². The summed E-state index contributed by atoms with van der Waals surface area (Å²) in [6.45, 7) is 2.85. The zero-order valence-corrected chi connectivity index (χ0v) is 17.2. The second-order valence-corrected chi connectivity index (χ2v) is 6.83. The van der Waals surface area contributed by atoms with E-state index in [1.54, 1.807) is 32.0 Å². The highest BCUT2D eigenvalue weighted by molar-refractivity contribution is 5.99. The van der Waals surface area contributed by atoms with Crippen molar-refractivity contribution in [3.63, 3.8) is 0 Å². The Labute approximate surface area is 169 Å². The SMILES string of the molecule is COCC(=O)N1C=C(c2ccc(OC)c(OC)c2)N(CC(=O)O)C(=O)C1C(C)C. The van der Waals surface area contributed by atoms with E-state index in [4.69, 9.17) is 14.2 Å². The van der Waals surface area contributed by atoms with Crippen LogP contribution in [0.4, 0.5) is 0 Å². The summed E-state index contributed by atoms with van der Waals surface area (Å²) in [4.78, 5) is 39.8. The van der Waals surface area contributed by atoms with Crippen LogP contribution in [0.5, 0.6) is 11.5 Å². The molecule has 9 heteroatoms. The molecule has 1 aromatic carbocycles. The fourth-order valence-electron chi connectivity index (χ4n) is 3.23. The molecular formula is C20H26N2O7. The molecule has 1 N–H and O–H groups in total. The van der Waals surface area contributed by atoms with E-state index in [1.165, 1.54) is 37.3 Å². The van der Waals surface area contributed by atoms with Crippen molar-refractivity contribution in [3.05, 3.63) is 30.0 Å². The zero-order chi connectivity index (χ0) is 21.7. The molecule has 0 radical (unpaired) electrons. The molecule has 2 rings (SSSR count). The van der Waals surface area contributed by atoms with Gasteiger partial charge in [0.1, 0.15) is 19.2 Å². The maximum Gasteiger partial charge on any atom is 0.323 e. The Bertz CT molecular complexity index is 819. The van der Waals surface area contributed by atoms with Gasteiger partial charge >= 0.3 is 5.97 Å². The fourth-order valence-corrected chi connectivity index (χ4v) is 3.23. The largest absolute Gasteiger partial charge is 0.493 e. The summed E-state index contributed by atoms with van der Waals surface area (Å²) in [6.07, 6.45) is 1.50. The highest BCUT2D eigenvalue weighted by Crippen LogP contribution is 2.35. The summed E-state index contributed by atoms with van der Waals surface area (Å²) >= 11 is 0. The summed E-state index contributed by atoms with van der Waals surface area (Å²) in [5, 5.41) is 9.35. The molecule has 158 valence electrons. The van der Waals surface area contributed by atoms with Crippen LogP contribution in [0.2, 0.25) is 0 Å². The molecule has 0 bridgehead atoms. The first-order valence-corrected chi connectivity index (χ1v) is 9.02. The first-order chi connectivity index (χ1) is 13.7. The van der Waals surface area contributed by atoms with Crippen molar-refractivity contribution in [3.8, 4) is 11.5 Å². The smallest absolute Gasteiger partial charge is 0.323 e. The number of hydrogen-bond donors (Lipinski definition) is 1. The maximum atomic E-state index is 13.2. The number of carbonyl (C=O) groups is 3. The molecule has 1 aliphatic heterocycles. The second kappa shape index (κ2) is 9.42. The number of aliphatic carboxylic acids is 1. The van der Waals surface area contributed by atoms with E-state index >= 15 is 0 Å². The molecule has 1 aliphatic rings. The van der Waals surface area contributed by atoms with E-state index in [2.05, 4.69) is 0 Å². The lowest BCUT2D eigenvalue weighted by atomic mass is 9.97. The lowest BCUT2D eigenvalue weighted by Crippen LogP contribution is -2.56. The van der Waals surface area contributed by atoms with Crippen molar-refractivity contribution in [2.24, 2.45) is 5.92 Å². The van der Waals surface area contributed by atoms with Crippen LogP contribution in [-0.2, 0) is 19.1 Å². The summed E-state index contributed by atoms with van der Waals surface area (Å²) in [5.74, 6) is -1.37. The number of benzene rings is 1. The van der Waals surface area contributed by atoms with Gasteiger partial charge in [-0.15, -0.1) is 0 Å². The molecule has 0 saturated heterocycles. The number of carboxylic acids is 1. The van der Waals surface area contributed by atoms with Gasteiger partial charge < -0.3 is 24.2 Å². The van der Waals surface area contributed by atoms with Gasteiger partial charge in [-0.05, 0) is 24.1 Å². The normalized spacial score (nSPS) is 16.7. The van der Waals surface area contributed by atoms with Crippen molar-refractivity contribution >= 4 is 23.5 Å². The average Bonchev–Trinajstić information content (AvgIpc) is 2.68. The van der Waals surface area contributed by atoms with Gasteiger partial charge in [-0.2, -0.15) is 0 Å². The Morgan fingerprint density at radius 1 is 1.14 bits per heavy atom. The summed E-state index contributed by atoms with van der Waals surface area (Å²) in [7, 11) is 4.36. The van der Waals surface area contributed by atoms with Crippen LogP contribution in [0.3, 0.4) is 0 Å². The van der Waals surface area contributed by atoms with Crippen molar-refractivity contribution in [2.75, 3.05) is 34.5 Å². The number of amides is 2. The predicted octanol–water partition coefficient (Wildman–Crippen LogP) is 1.43. The number of rotatable bonds is 8. The number of carbonyl (C=O) groups excluding carboxylic acids is 2. The summed E-state index contributed by atoms with van der Waals surface area (Å²) < 4.78 is 15.5. The Kier molecular flexibility index (Phi) is 7.22. The molecule has 1 heterocycles. The van der Waals surface area contributed by atoms with Crippen molar-refractivity contribution in [2.45, 2.75) is 19.9 Å². The molecular weight excluding hydrogens is 380 g/mol. The van der Waals surface area contributed by atoms with Crippen LogP contribution in [0.1, 0.15) is 19.4 Å². The van der Waals surface area contributed by atoms with Crippen molar-refractivity contribution in [1.29, 1.82) is 0 Å². The average molecular weight is 406 g/mol. The highest BCUT2D eigenvalue weighted by Gasteiger charge is 2.41. The predicted molar refractivity (Wildman–Crippen MR) is 104 cm³/mol. The number of nitrogens with zero attached hydrogens (tertiary/aromatic N) is 2. The van der Waals surface area contributed by atoms with Crippen LogP contribution < -0.4 is 9.47 Å². The lowest BCUT2D eigenvalue weighted by Gasteiger charge is -2.40. The molecule has 0 aromatic heterocycles. The number of methoxy groups -OCH3 is 3. The molecule has 1 aromatic rings. The molecule has 0 saturated carbocycles. The number of ether oxygens (including phenoxy) is 3. The van der Waals surface area contributed by atoms with Gasteiger partial charge in [-0.3, -0.25) is 19.3 Å². The molecule has 9 nitrogen and oxygen atoms in total. The van der Waals surface area contributed by atoms with Gasteiger partial charge in [0, 0.05) is 18.9 Å². The molecule has 1 atom stereocenters. The fraction of sp³-hybridized carbons (Fsp3) is 0.450. The van der Waals surface area contributed by atoms with Crippen LogP contribution >= 0.6 is 0 Å².